The van der Waals surface area contributed by atoms with Gasteiger partial charge in [-0.2, -0.15) is 4.98 Å². The van der Waals surface area contributed by atoms with Crippen molar-refractivity contribution in [3.05, 3.63) is 16.7 Å². The van der Waals surface area contributed by atoms with Gasteiger partial charge in [-0.3, -0.25) is 18.5 Å². The Bertz CT molecular complexity index is 906. The predicted octanol–water partition coefficient (Wildman–Crippen LogP) is -2.56. The van der Waals surface area contributed by atoms with E-state index in [4.69, 9.17) is 20.3 Å². The van der Waals surface area contributed by atoms with Crippen LogP contribution in [0.15, 0.2) is 11.1 Å². The van der Waals surface area contributed by atoms with Gasteiger partial charge in [0.25, 0.3) is 5.56 Å². The largest absolute Gasteiger partial charge is 0.469 e. The molecule has 0 aliphatic carbocycles. The van der Waals surface area contributed by atoms with E-state index in [1.54, 1.807) is 0 Å². The molecule has 3 heterocycles. The van der Waals surface area contributed by atoms with Crippen LogP contribution in [0.1, 0.15) is 6.23 Å². The van der Waals surface area contributed by atoms with Crippen LogP contribution in [0.25, 0.3) is 11.2 Å². The van der Waals surface area contributed by atoms with Crippen molar-refractivity contribution in [2.45, 2.75) is 24.5 Å². The summed E-state index contributed by atoms with van der Waals surface area (Å²) in [4.78, 5) is 37.5. The highest BCUT2D eigenvalue weighted by Crippen LogP contribution is 2.38. The van der Waals surface area contributed by atoms with E-state index in [1.165, 1.54) is 17.9 Å². The lowest BCUT2D eigenvalue weighted by atomic mass is 10.1. The van der Waals surface area contributed by atoms with Crippen molar-refractivity contribution < 1.29 is 33.8 Å². The maximum Gasteiger partial charge on any atom is 0.469 e. The fraction of sp³-hybridized carbons (Fsp3) is 0.545. The van der Waals surface area contributed by atoms with E-state index < -0.39 is 44.5 Å². The van der Waals surface area contributed by atoms with Gasteiger partial charge < -0.3 is 30.5 Å². The molecule has 4 atom stereocenters. The summed E-state index contributed by atoms with van der Waals surface area (Å²) in [5.41, 5.74) is 5.16. The Morgan fingerprint density at radius 3 is 2.72 bits per heavy atom. The summed E-state index contributed by atoms with van der Waals surface area (Å²) in [6.07, 6.45) is -4.20. The number of anilines is 1. The summed E-state index contributed by atoms with van der Waals surface area (Å²) in [6, 6.07) is 0. The van der Waals surface area contributed by atoms with Crippen molar-refractivity contribution in [1.29, 1.82) is 0 Å². The first-order chi connectivity index (χ1) is 11.6. The molecule has 14 heteroatoms. The summed E-state index contributed by atoms with van der Waals surface area (Å²) in [5, 5.41) is 20.2. The minimum absolute atomic E-state index is 0.0168. The lowest BCUT2D eigenvalue weighted by Crippen LogP contribution is -2.33. The molecule has 1 aliphatic heterocycles. The molecule has 6 N–H and O–H groups in total. The Labute approximate surface area is 139 Å². The molecule has 0 spiro atoms. The first kappa shape index (κ1) is 17.9. The third-order valence-corrected chi connectivity index (χ3v) is 4.34. The molecule has 0 saturated carbocycles. The summed E-state index contributed by atoms with van der Waals surface area (Å²) < 4.78 is 22.8. The summed E-state index contributed by atoms with van der Waals surface area (Å²) in [6.45, 7) is -0.650. The topological polar surface area (TPSA) is 195 Å². The number of phosphoric ester groups is 1. The Hall–Kier alpha value is -1.86. The minimum Gasteiger partial charge on any atom is -0.387 e. The average Bonchev–Trinajstić information content (AvgIpc) is 3.05. The number of ether oxygens (including phenoxy) is 1. The van der Waals surface area contributed by atoms with E-state index in [0.717, 1.165) is 4.57 Å². The molecule has 1 aliphatic rings. The number of nitrogens with zero attached hydrogens (tertiary/aromatic N) is 4. The van der Waals surface area contributed by atoms with E-state index in [0.29, 0.717) is 0 Å². The van der Waals surface area contributed by atoms with Gasteiger partial charge >= 0.3 is 7.82 Å². The molecule has 0 aromatic carbocycles. The fourth-order valence-electron chi connectivity index (χ4n) is 2.52. The average molecular weight is 377 g/mol. The van der Waals surface area contributed by atoms with E-state index in [-0.39, 0.29) is 17.1 Å². The first-order valence-electron chi connectivity index (χ1n) is 7.01. The van der Waals surface area contributed by atoms with Crippen LogP contribution in [0.3, 0.4) is 0 Å². The van der Waals surface area contributed by atoms with Crippen molar-refractivity contribution in [3.8, 4) is 0 Å². The van der Waals surface area contributed by atoms with Crippen LogP contribution in [-0.2, 0) is 20.9 Å². The third kappa shape index (κ3) is 3.18. The highest BCUT2D eigenvalue weighted by Gasteiger charge is 2.45. The molecular weight excluding hydrogens is 361 g/mol. The summed E-state index contributed by atoms with van der Waals surface area (Å²) in [7, 11) is -3.35. The highest BCUT2D eigenvalue weighted by molar-refractivity contribution is 7.46. The highest BCUT2D eigenvalue weighted by atomic mass is 31.2. The van der Waals surface area contributed by atoms with Gasteiger partial charge in [-0.15, -0.1) is 0 Å². The number of fused-ring (bicyclic) bond motifs is 1. The second kappa shape index (κ2) is 6.14. The Morgan fingerprint density at radius 1 is 1.40 bits per heavy atom. The molecule has 0 amide bonds. The quantitative estimate of drug-likeness (QED) is 0.352. The van der Waals surface area contributed by atoms with Gasteiger partial charge in [0, 0.05) is 7.05 Å². The Kier molecular flexibility index (Phi) is 4.41. The second-order valence-electron chi connectivity index (χ2n) is 5.49. The maximum absolute atomic E-state index is 12.1. The van der Waals surface area contributed by atoms with Crippen molar-refractivity contribution in [3.63, 3.8) is 0 Å². The normalized spacial score (nSPS) is 27.2. The number of nitrogens with two attached hydrogens (primary N) is 1. The number of hydrogen-bond donors (Lipinski definition) is 5. The van der Waals surface area contributed by atoms with Crippen LogP contribution in [0, 0.1) is 0 Å². The van der Waals surface area contributed by atoms with Crippen LogP contribution in [0.2, 0.25) is 0 Å². The second-order valence-corrected chi connectivity index (χ2v) is 6.73. The van der Waals surface area contributed by atoms with Gasteiger partial charge in [0.1, 0.15) is 18.3 Å². The van der Waals surface area contributed by atoms with Gasteiger partial charge in [-0.25, -0.2) is 9.55 Å². The first-order valence-corrected chi connectivity index (χ1v) is 8.54. The number of imidazole rings is 1. The number of aliphatic hydroxyl groups excluding tert-OH is 2. The van der Waals surface area contributed by atoms with Crippen molar-refractivity contribution in [2.24, 2.45) is 7.05 Å². The molecule has 25 heavy (non-hydrogen) atoms. The fourth-order valence-corrected chi connectivity index (χ4v) is 2.86. The van der Waals surface area contributed by atoms with Gasteiger partial charge in [-0.05, 0) is 0 Å². The molecule has 138 valence electrons. The summed E-state index contributed by atoms with van der Waals surface area (Å²) >= 11 is 0. The molecule has 2 aromatic rings. The molecule has 1 fully saturated rings. The molecule has 13 nitrogen and oxygen atoms in total. The lowest BCUT2D eigenvalue weighted by molar-refractivity contribution is -0.0503. The summed E-state index contributed by atoms with van der Waals surface area (Å²) in [5.74, 6) is -0.0892. The number of nitrogen functional groups attached to an aromatic ring is 1. The molecule has 1 unspecified atom stereocenters. The Morgan fingerprint density at radius 2 is 2.08 bits per heavy atom. The van der Waals surface area contributed by atoms with Crippen LogP contribution in [-0.4, -0.2) is 64.0 Å². The number of rotatable bonds is 4. The van der Waals surface area contributed by atoms with E-state index in [1.807, 2.05) is 0 Å². The zero-order valence-electron chi connectivity index (χ0n) is 12.8. The monoisotopic (exact) mass is 377 g/mol. The maximum atomic E-state index is 12.1. The van der Waals surface area contributed by atoms with Crippen molar-refractivity contribution >= 4 is 24.9 Å². The van der Waals surface area contributed by atoms with Crippen molar-refractivity contribution in [2.75, 3.05) is 12.3 Å². The molecular formula is C11H16N5O8P. The Balaban J connectivity index is 1.93. The third-order valence-electron chi connectivity index (χ3n) is 3.86. The molecule has 1 saturated heterocycles. The zero-order valence-corrected chi connectivity index (χ0v) is 13.7. The van der Waals surface area contributed by atoms with E-state index >= 15 is 0 Å². The van der Waals surface area contributed by atoms with Crippen LogP contribution < -0.4 is 11.3 Å². The zero-order chi connectivity index (χ0) is 18.5. The molecule has 0 bridgehead atoms. The van der Waals surface area contributed by atoms with Gasteiger partial charge in [0.05, 0.1) is 12.9 Å². The van der Waals surface area contributed by atoms with Crippen molar-refractivity contribution in [1.82, 2.24) is 19.1 Å². The van der Waals surface area contributed by atoms with E-state index in [2.05, 4.69) is 14.5 Å². The molecule has 3 rings (SSSR count). The lowest BCUT2D eigenvalue weighted by Gasteiger charge is -2.16. The number of hydrogen-bond acceptors (Lipinski definition) is 9. The minimum atomic E-state index is -4.77. The predicted molar refractivity (Wildman–Crippen MR) is 81.1 cm³/mol. The number of phosphoric acid groups is 1. The van der Waals surface area contributed by atoms with Gasteiger partial charge in [0.2, 0.25) is 5.95 Å². The number of aromatic nitrogens is 4. The number of aliphatic hydroxyl groups is 2. The molecule has 2 aromatic heterocycles. The van der Waals surface area contributed by atoms with Gasteiger partial charge in [-0.1, -0.05) is 0 Å². The smallest absolute Gasteiger partial charge is 0.387 e. The van der Waals surface area contributed by atoms with Crippen LogP contribution in [0.4, 0.5) is 5.95 Å². The standard InChI is InChI=1S/C11H16N5O8P/c1-15-9(19)5-8(14-11(15)12)16(3-13-5)10-7(18)6(17)4(24-10)2-23-25(20,21)22/h3-4,6-7,10,17-18H,2H2,1H3,(H2,12,14)(H2,20,21,22)/t4-,6?,7+,10-/m1/s1. The SMILES string of the molecule is Cn1c(N)nc2c(ncn2[C@@H]2O[C@H](COP(=O)(O)O)C(O)[C@@H]2O)c1=O. The van der Waals surface area contributed by atoms with Gasteiger partial charge in [0.15, 0.2) is 17.4 Å². The van der Waals surface area contributed by atoms with E-state index in [9.17, 15) is 19.6 Å². The van der Waals surface area contributed by atoms with Crippen LogP contribution >= 0.6 is 7.82 Å². The van der Waals surface area contributed by atoms with Crippen LogP contribution in [0.5, 0.6) is 0 Å². The molecule has 0 radical (unpaired) electrons.